The summed E-state index contributed by atoms with van der Waals surface area (Å²) < 4.78 is 35.0. The molecule has 0 radical (unpaired) electrons. The van der Waals surface area contributed by atoms with Crippen molar-refractivity contribution in [3.05, 3.63) is 119 Å². The average molecular weight is 620 g/mol. The lowest BCUT2D eigenvalue weighted by Gasteiger charge is -2.33. The molecule has 4 rings (SSSR count). The summed E-state index contributed by atoms with van der Waals surface area (Å²) in [5.41, 5.74) is 1.92. The molecule has 224 valence electrons. The number of hydrogen-bond acceptors (Lipinski definition) is 5. The van der Waals surface area contributed by atoms with Crippen LogP contribution in [-0.2, 0) is 26.2 Å². The predicted octanol–water partition coefficient (Wildman–Crippen LogP) is 6.19. The Morgan fingerprint density at radius 1 is 0.860 bits per heavy atom. The Morgan fingerprint density at radius 2 is 1.47 bits per heavy atom. The number of sulfonamides is 1. The summed E-state index contributed by atoms with van der Waals surface area (Å²) in [6, 6.07) is 28.2. The largest absolute Gasteiger partial charge is 0.457 e. The Hall–Kier alpha value is -4.34. The van der Waals surface area contributed by atoms with Crippen LogP contribution in [0.3, 0.4) is 0 Å². The van der Waals surface area contributed by atoms with Crippen LogP contribution < -0.4 is 14.4 Å². The van der Waals surface area contributed by atoms with E-state index in [4.69, 9.17) is 16.3 Å². The zero-order valence-corrected chi connectivity index (χ0v) is 25.8. The van der Waals surface area contributed by atoms with Crippen molar-refractivity contribution in [3.8, 4) is 11.5 Å². The van der Waals surface area contributed by atoms with Crippen molar-refractivity contribution in [3.63, 3.8) is 0 Å². The molecule has 10 heteroatoms. The van der Waals surface area contributed by atoms with Gasteiger partial charge in [0, 0.05) is 18.6 Å². The number of rotatable bonds is 12. The van der Waals surface area contributed by atoms with E-state index in [0.717, 1.165) is 15.4 Å². The van der Waals surface area contributed by atoms with Crippen LogP contribution in [0.1, 0.15) is 24.5 Å². The second kappa shape index (κ2) is 14.2. The Kier molecular flexibility index (Phi) is 10.4. The van der Waals surface area contributed by atoms with Crippen LogP contribution in [0.2, 0.25) is 5.02 Å². The van der Waals surface area contributed by atoms with Crippen molar-refractivity contribution in [1.29, 1.82) is 0 Å². The van der Waals surface area contributed by atoms with Crippen LogP contribution >= 0.6 is 11.6 Å². The van der Waals surface area contributed by atoms with E-state index in [1.807, 2.05) is 37.3 Å². The van der Waals surface area contributed by atoms with E-state index in [1.54, 1.807) is 67.6 Å². The fourth-order valence-electron chi connectivity index (χ4n) is 4.54. The summed E-state index contributed by atoms with van der Waals surface area (Å²) in [5.74, 6) is 0.252. The van der Waals surface area contributed by atoms with Gasteiger partial charge < -0.3 is 15.0 Å². The number of nitrogens with one attached hydrogen (secondary N) is 1. The maximum atomic E-state index is 14.0. The van der Waals surface area contributed by atoms with Crippen LogP contribution in [0.15, 0.2) is 108 Å². The molecule has 4 aromatic rings. The third-order valence-electron chi connectivity index (χ3n) is 6.89. The molecule has 1 N–H and O–H groups in total. The molecular weight excluding hydrogens is 586 g/mol. The first-order valence-electron chi connectivity index (χ1n) is 13.8. The number of carbonyl (C=O) groups excluding carboxylic acids is 2. The van der Waals surface area contributed by atoms with Gasteiger partial charge in [-0.25, -0.2) is 8.42 Å². The van der Waals surface area contributed by atoms with E-state index in [2.05, 4.69) is 5.32 Å². The molecule has 0 saturated carbocycles. The lowest BCUT2D eigenvalue weighted by atomic mass is 10.1. The Bertz CT molecular complexity index is 1630. The molecule has 4 aromatic carbocycles. The standard InChI is InChI=1S/C33H34ClN3O5S/c1-4-31(33(39)35-3)36(22-25-12-14-26(34)15-13-25)32(38)23-37(43(40,41)30-20-10-24(2)11-21-30)27-16-18-29(19-17-27)42-28-8-6-5-7-9-28/h5-21,31H,4,22-23H2,1-3H3,(H,35,39). The fraction of sp³-hybridized carbons (Fsp3) is 0.212. The molecule has 43 heavy (non-hydrogen) atoms. The third kappa shape index (κ3) is 7.94. The zero-order chi connectivity index (χ0) is 31.0. The van der Waals surface area contributed by atoms with Crippen LogP contribution in [0.5, 0.6) is 11.5 Å². The summed E-state index contributed by atoms with van der Waals surface area (Å²) in [6.07, 6.45) is 0.329. The van der Waals surface area contributed by atoms with Crippen molar-refractivity contribution in [1.82, 2.24) is 10.2 Å². The predicted molar refractivity (Wildman–Crippen MR) is 169 cm³/mol. The molecule has 0 heterocycles. The maximum absolute atomic E-state index is 14.0. The SMILES string of the molecule is CCC(C(=O)NC)N(Cc1ccc(Cl)cc1)C(=O)CN(c1ccc(Oc2ccccc2)cc1)S(=O)(=O)c1ccc(C)cc1. The molecule has 1 atom stereocenters. The Balaban J connectivity index is 1.72. The number of nitrogens with zero attached hydrogens (tertiary/aromatic N) is 2. The van der Waals surface area contributed by atoms with Gasteiger partial charge in [0.05, 0.1) is 10.6 Å². The van der Waals surface area contributed by atoms with E-state index < -0.39 is 28.5 Å². The van der Waals surface area contributed by atoms with E-state index >= 15 is 0 Å². The second-order valence-electron chi connectivity index (χ2n) is 9.92. The molecule has 8 nitrogen and oxygen atoms in total. The molecule has 1 unspecified atom stereocenters. The zero-order valence-electron chi connectivity index (χ0n) is 24.2. The van der Waals surface area contributed by atoms with Gasteiger partial charge in [-0.15, -0.1) is 0 Å². The number of amides is 2. The average Bonchev–Trinajstić information content (AvgIpc) is 3.01. The van der Waals surface area contributed by atoms with Crippen LogP contribution in [0.4, 0.5) is 5.69 Å². The van der Waals surface area contributed by atoms with Gasteiger partial charge in [0.15, 0.2) is 0 Å². The minimum absolute atomic E-state index is 0.0399. The first-order valence-corrected chi connectivity index (χ1v) is 15.6. The number of halogens is 1. The lowest BCUT2D eigenvalue weighted by molar-refractivity contribution is -0.140. The summed E-state index contributed by atoms with van der Waals surface area (Å²) in [5, 5.41) is 3.16. The quantitative estimate of drug-likeness (QED) is 0.204. The third-order valence-corrected chi connectivity index (χ3v) is 8.93. The monoisotopic (exact) mass is 619 g/mol. The van der Waals surface area contributed by atoms with Crippen molar-refractivity contribution >= 4 is 39.1 Å². The van der Waals surface area contributed by atoms with Gasteiger partial charge in [-0.1, -0.05) is 66.6 Å². The minimum atomic E-state index is -4.18. The molecule has 0 saturated heterocycles. The van der Waals surface area contributed by atoms with E-state index in [1.165, 1.54) is 24.1 Å². The number of anilines is 1. The number of ether oxygens (including phenoxy) is 1. The van der Waals surface area contributed by atoms with Gasteiger partial charge in [-0.3, -0.25) is 13.9 Å². The van der Waals surface area contributed by atoms with E-state index in [0.29, 0.717) is 22.9 Å². The summed E-state index contributed by atoms with van der Waals surface area (Å²) in [6.45, 7) is 3.22. The molecule has 0 aromatic heterocycles. The minimum Gasteiger partial charge on any atom is -0.457 e. The summed E-state index contributed by atoms with van der Waals surface area (Å²) >= 11 is 6.06. The van der Waals surface area contributed by atoms with Crippen LogP contribution in [-0.4, -0.2) is 44.8 Å². The number of para-hydroxylation sites is 1. The van der Waals surface area contributed by atoms with E-state index in [-0.39, 0.29) is 23.0 Å². The van der Waals surface area contributed by atoms with Crippen molar-refractivity contribution in [2.75, 3.05) is 17.9 Å². The maximum Gasteiger partial charge on any atom is 0.264 e. The number of aryl methyl sites for hydroxylation is 1. The van der Waals surface area contributed by atoms with E-state index in [9.17, 15) is 18.0 Å². The molecule has 0 bridgehead atoms. The molecule has 0 spiro atoms. The van der Waals surface area contributed by atoms with Crippen LogP contribution in [0, 0.1) is 6.92 Å². The number of carbonyl (C=O) groups is 2. The normalized spacial score (nSPS) is 11.8. The van der Waals surface area contributed by atoms with Gasteiger partial charge in [-0.05, 0) is 79.6 Å². The highest BCUT2D eigenvalue weighted by Gasteiger charge is 2.33. The molecule has 0 aliphatic heterocycles. The van der Waals surface area contributed by atoms with Crippen molar-refractivity contribution in [2.24, 2.45) is 0 Å². The van der Waals surface area contributed by atoms with Crippen molar-refractivity contribution < 1.29 is 22.7 Å². The number of benzene rings is 4. The Morgan fingerprint density at radius 3 is 2.05 bits per heavy atom. The highest BCUT2D eigenvalue weighted by Crippen LogP contribution is 2.29. The van der Waals surface area contributed by atoms with Crippen LogP contribution in [0.25, 0.3) is 0 Å². The second-order valence-corrected chi connectivity index (χ2v) is 12.2. The van der Waals surface area contributed by atoms with Gasteiger partial charge >= 0.3 is 0 Å². The van der Waals surface area contributed by atoms with Gasteiger partial charge in [-0.2, -0.15) is 0 Å². The lowest BCUT2D eigenvalue weighted by Crippen LogP contribution is -2.51. The van der Waals surface area contributed by atoms with Gasteiger partial charge in [0.1, 0.15) is 24.1 Å². The molecular formula is C33H34ClN3O5S. The van der Waals surface area contributed by atoms with Crippen molar-refractivity contribution in [2.45, 2.75) is 37.8 Å². The fourth-order valence-corrected chi connectivity index (χ4v) is 6.08. The molecule has 0 aliphatic carbocycles. The highest BCUT2D eigenvalue weighted by molar-refractivity contribution is 7.92. The Labute approximate surface area is 257 Å². The molecule has 0 fully saturated rings. The van der Waals surface area contributed by atoms with Gasteiger partial charge in [0.25, 0.3) is 10.0 Å². The number of likely N-dealkylation sites (N-methyl/N-ethyl adjacent to an activating group) is 1. The van der Waals surface area contributed by atoms with Gasteiger partial charge in [0.2, 0.25) is 11.8 Å². The number of hydrogen-bond donors (Lipinski definition) is 1. The summed E-state index contributed by atoms with van der Waals surface area (Å²) in [7, 11) is -2.68. The molecule has 2 amide bonds. The first kappa shape index (κ1) is 31.6. The first-order chi connectivity index (χ1) is 20.6. The molecule has 0 aliphatic rings. The smallest absolute Gasteiger partial charge is 0.264 e. The highest BCUT2D eigenvalue weighted by atomic mass is 35.5. The summed E-state index contributed by atoms with van der Waals surface area (Å²) in [4.78, 5) is 28.4. The topological polar surface area (TPSA) is 96.0 Å².